The number of amides is 1. The Morgan fingerprint density at radius 1 is 1.39 bits per heavy atom. The molecule has 0 heterocycles. The zero-order valence-electron chi connectivity index (χ0n) is 10.9. The molecular weight excluding hydrogens is 250 g/mol. The van der Waals surface area contributed by atoms with Crippen molar-refractivity contribution in [1.29, 1.82) is 0 Å². The Balaban J connectivity index is 2.45. The number of halogens is 1. The first-order valence-corrected chi connectivity index (χ1v) is 6.48. The van der Waals surface area contributed by atoms with E-state index in [4.69, 9.17) is 16.7 Å². The van der Waals surface area contributed by atoms with Crippen molar-refractivity contribution < 1.29 is 9.90 Å². The van der Waals surface area contributed by atoms with Crippen LogP contribution >= 0.6 is 11.6 Å². The molecule has 0 bridgehead atoms. The summed E-state index contributed by atoms with van der Waals surface area (Å²) in [4.78, 5) is 11.8. The van der Waals surface area contributed by atoms with Crippen molar-refractivity contribution in [2.24, 2.45) is 0 Å². The fourth-order valence-electron chi connectivity index (χ4n) is 1.73. The fraction of sp³-hybridized carbons (Fsp3) is 0.500. The predicted molar refractivity (Wildman–Crippen MR) is 73.7 cm³/mol. The zero-order valence-corrected chi connectivity index (χ0v) is 11.6. The van der Waals surface area contributed by atoms with Crippen LogP contribution in [0.2, 0.25) is 5.02 Å². The summed E-state index contributed by atoms with van der Waals surface area (Å²) in [6.45, 7) is 3.87. The fourth-order valence-corrected chi connectivity index (χ4v) is 1.96. The van der Waals surface area contributed by atoms with Crippen molar-refractivity contribution in [3.63, 3.8) is 0 Å². The Morgan fingerprint density at radius 3 is 2.67 bits per heavy atom. The van der Waals surface area contributed by atoms with Gasteiger partial charge in [0.25, 0.3) is 0 Å². The second-order valence-corrected chi connectivity index (χ2v) is 5.40. The van der Waals surface area contributed by atoms with Gasteiger partial charge < -0.3 is 10.4 Å². The highest BCUT2D eigenvalue weighted by molar-refractivity contribution is 6.31. The van der Waals surface area contributed by atoms with Crippen molar-refractivity contribution in [3.8, 4) is 0 Å². The molecule has 0 aromatic heterocycles. The van der Waals surface area contributed by atoms with Crippen LogP contribution in [0.3, 0.4) is 0 Å². The van der Waals surface area contributed by atoms with Crippen molar-refractivity contribution >= 4 is 17.5 Å². The second-order valence-electron chi connectivity index (χ2n) is 5.00. The Labute approximate surface area is 113 Å². The molecule has 100 valence electrons. The van der Waals surface area contributed by atoms with E-state index in [1.54, 1.807) is 0 Å². The van der Waals surface area contributed by atoms with Crippen molar-refractivity contribution in [2.45, 2.75) is 38.6 Å². The normalized spacial score (nSPS) is 11.3. The van der Waals surface area contributed by atoms with E-state index in [1.807, 2.05) is 38.1 Å². The predicted octanol–water partition coefficient (Wildman–Crippen LogP) is 2.55. The third kappa shape index (κ3) is 5.07. The Bertz CT molecular complexity index is 405. The average molecular weight is 270 g/mol. The molecule has 1 amide bonds. The summed E-state index contributed by atoms with van der Waals surface area (Å²) in [6, 6.07) is 7.53. The van der Waals surface area contributed by atoms with E-state index in [0.29, 0.717) is 24.3 Å². The van der Waals surface area contributed by atoms with E-state index < -0.39 is 0 Å². The number of carbonyl (C=O) groups excluding carboxylic acids is 1. The summed E-state index contributed by atoms with van der Waals surface area (Å²) >= 11 is 6.03. The van der Waals surface area contributed by atoms with Gasteiger partial charge in [0.05, 0.1) is 0 Å². The number of carbonyl (C=O) groups is 1. The Morgan fingerprint density at radius 2 is 2.06 bits per heavy atom. The monoisotopic (exact) mass is 269 g/mol. The molecule has 0 aliphatic rings. The first kappa shape index (κ1) is 15.0. The van der Waals surface area contributed by atoms with Crippen LogP contribution in [0.1, 0.15) is 32.3 Å². The summed E-state index contributed by atoms with van der Waals surface area (Å²) in [5, 5.41) is 12.5. The summed E-state index contributed by atoms with van der Waals surface area (Å²) in [5.41, 5.74) is 0.612. The summed E-state index contributed by atoms with van der Waals surface area (Å²) in [5.74, 6) is -0.0200. The Hall–Kier alpha value is -1.06. The van der Waals surface area contributed by atoms with Gasteiger partial charge >= 0.3 is 0 Å². The van der Waals surface area contributed by atoms with Crippen LogP contribution < -0.4 is 5.32 Å². The second kappa shape index (κ2) is 6.76. The molecule has 3 nitrogen and oxygen atoms in total. The highest BCUT2D eigenvalue weighted by Crippen LogP contribution is 2.16. The molecule has 0 unspecified atom stereocenters. The quantitative estimate of drug-likeness (QED) is 0.834. The van der Waals surface area contributed by atoms with Crippen molar-refractivity contribution in [1.82, 2.24) is 5.32 Å². The van der Waals surface area contributed by atoms with Crippen LogP contribution in [0.25, 0.3) is 0 Å². The van der Waals surface area contributed by atoms with Gasteiger partial charge in [0.1, 0.15) is 0 Å². The van der Waals surface area contributed by atoms with Gasteiger partial charge in [0.2, 0.25) is 5.91 Å². The van der Waals surface area contributed by atoms with Crippen LogP contribution in [0, 0.1) is 0 Å². The third-order valence-electron chi connectivity index (χ3n) is 2.79. The van der Waals surface area contributed by atoms with Crippen LogP contribution in [0.5, 0.6) is 0 Å². The Kier molecular flexibility index (Phi) is 5.63. The molecule has 0 radical (unpaired) electrons. The number of hydrogen-bond acceptors (Lipinski definition) is 2. The lowest BCUT2D eigenvalue weighted by Gasteiger charge is -2.25. The third-order valence-corrected chi connectivity index (χ3v) is 3.16. The smallest absolute Gasteiger partial charge is 0.220 e. The minimum atomic E-state index is -0.369. The molecule has 0 fully saturated rings. The topological polar surface area (TPSA) is 49.3 Å². The molecular formula is C14H20ClNO2. The van der Waals surface area contributed by atoms with E-state index in [2.05, 4.69) is 5.32 Å². The maximum absolute atomic E-state index is 11.8. The summed E-state index contributed by atoms with van der Waals surface area (Å²) in [6.07, 6.45) is 1.57. The van der Waals surface area contributed by atoms with E-state index in [-0.39, 0.29) is 18.1 Å². The first-order valence-electron chi connectivity index (χ1n) is 6.10. The lowest BCUT2D eigenvalue weighted by atomic mass is 10.0. The molecule has 1 aromatic carbocycles. The summed E-state index contributed by atoms with van der Waals surface area (Å²) < 4.78 is 0. The largest absolute Gasteiger partial charge is 0.396 e. The molecule has 0 atom stereocenters. The molecule has 2 N–H and O–H groups in total. The van der Waals surface area contributed by atoms with Gasteiger partial charge in [-0.1, -0.05) is 29.8 Å². The number of aliphatic hydroxyl groups excluding tert-OH is 1. The van der Waals surface area contributed by atoms with Gasteiger partial charge in [-0.2, -0.15) is 0 Å². The van der Waals surface area contributed by atoms with Gasteiger partial charge in [-0.3, -0.25) is 4.79 Å². The standard InChI is InChI=1S/C14H20ClNO2/c1-14(2,9-10-17)16-13(18)8-7-11-5-3-4-6-12(11)15/h3-6,17H,7-10H2,1-2H3,(H,16,18). The minimum absolute atomic E-state index is 0.0200. The number of nitrogens with one attached hydrogen (secondary N) is 1. The van der Waals surface area contributed by atoms with Gasteiger partial charge in [0, 0.05) is 23.6 Å². The minimum Gasteiger partial charge on any atom is -0.396 e. The molecule has 0 saturated heterocycles. The van der Waals surface area contributed by atoms with E-state index in [9.17, 15) is 4.79 Å². The van der Waals surface area contributed by atoms with E-state index in [1.165, 1.54) is 0 Å². The van der Waals surface area contributed by atoms with Gasteiger partial charge in [-0.25, -0.2) is 0 Å². The molecule has 0 saturated carbocycles. The van der Waals surface area contributed by atoms with E-state index >= 15 is 0 Å². The molecule has 1 rings (SSSR count). The van der Waals surface area contributed by atoms with Crippen molar-refractivity contribution in [3.05, 3.63) is 34.9 Å². The molecule has 0 aliphatic carbocycles. The SMILES string of the molecule is CC(C)(CCO)NC(=O)CCc1ccccc1Cl. The number of rotatable bonds is 6. The lowest BCUT2D eigenvalue weighted by molar-refractivity contribution is -0.122. The summed E-state index contributed by atoms with van der Waals surface area (Å²) in [7, 11) is 0. The highest BCUT2D eigenvalue weighted by atomic mass is 35.5. The average Bonchev–Trinajstić information content (AvgIpc) is 2.27. The lowest BCUT2D eigenvalue weighted by Crippen LogP contribution is -2.44. The van der Waals surface area contributed by atoms with Crippen LogP contribution in [-0.4, -0.2) is 23.2 Å². The number of aliphatic hydroxyl groups is 1. The van der Waals surface area contributed by atoms with Gasteiger partial charge in [0.15, 0.2) is 0 Å². The molecule has 0 spiro atoms. The molecule has 0 aliphatic heterocycles. The number of aryl methyl sites for hydroxylation is 1. The number of hydrogen-bond donors (Lipinski definition) is 2. The molecule has 1 aromatic rings. The highest BCUT2D eigenvalue weighted by Gasteiger charge is 2.19. The van der Waals surface area contributed by atoms with Crippen molar-refractivity contribution in [2.75, 3.05) is 6.61 Å². The van der Waals surface area contributed by atoms with Gasteiger partial charge in [-0.05, 0) is 38.3 Å². The maximum Gasteiger partial charge on any atom is 0.220 e. The molecule has 18 heavy (non-hydrogen) atoms. The van der Waals surface area contributed by atoms with Crippen LogP contribution in [-0.2, 0) is 11.2 Å². The molecule has 4 heteroatoms. The zero-order chi connectivity index (χ0) is 13.6. The van der Waals surface area contributed by atoms with Crippen LogP contribution in [0.4, 0.5) is 0 Å². The van der Waals surface area contributed by atoms with E-state index in [0.717, 1.165) is 5.56 Å². The number of benzene rings is 1. The first-order chi connectivity index (χ1) is 8.44. The maximum atomic E-state index is 11.8. The van der Waals surface area contributed by atoms with Crippen LogP contribution in [0.15, 0.2) is 24.3 Å². The van der Waals surface area contributed by atoms with Gasteiger partial charge in [-0.15, -0.1) is 0 Å².